The van der Waals surface area contributed by atoms with Gasteiger partial charge in [0.15, 0.2) is 10.2 Å². The van der Waals surface area contributed by atoms with Crippen LogP contribution < -0.4 is 22.3 Å². The standard InChI is InChI=1S/C8H16N6O4S2/c9-7(19)13-11-1-3(12-14-8(10)20)5(17)6(18)4(16)2-15/h1,4-6,15-18H,2H2,(H3,9,13,19)(H3,10,14,20)/b11-1-,12-3-/t4-,5+,6-/m0/s1. The number of hydrogen-bond donors (Lipinski definition) is 8. The average Bonchev–Trinajstić information content (AvgIpc) is 2.39. The van der Waals surface area contributed by atoms with Crippen molar-refractivity contribution in [2.45, 2.75) is 18.3 Å². The molecule has 20 heavy (non-hydrogen) atoms. The molecule has 0 unspecified atom stereocenters. The summed E-state index contributed by atoms with van der Waals surface area (Å²) in [5.41, 5.74) is 14.4. The molecule has 3 atom stereocenters. The molecule has 0 amide bonds. The zero-order valence-electron chi connectivity index (χ0n) is 10.2. The van der Waals surface area contributed by atoms with Gasteiger partial charge < -0.3 is 31.9 Å². The Kier molecular flexibility index (Phi) is 8.78. The van der Waals surface area contributed by atoms with Crippen LogP contribution in [0.5, 0.6) is 0 Å². The molecular weight excluding hydrogens is 308 g/mol. The van der Waals surface area contributed by atoms with E-state index in [1.807, 2.05) is 0 Å². The van der Waals surface area contributed by atoms with Gasteiger partial charge in [-0.3, -0.25) is 10.9 Å². The Balaban J connectivity index is 5.00. The smallest absolute Gasteiger partial charge is 0.184 e. The summed E-state index contributed by atoms with van der Waals surface area (Å²) in [6, 6.07) is 0. The van der Waals surface area contributed by atoms with E-state index in [1.165, 1.54) is 0 Å². The van der Waals surface area contributed by atoms with Crippen molar-refractivity contribution in [2.24, 2.45) is 21.7 Å². The van der Waals surface area contributed by atoms with Gasteiger partial charge in [0.25, 0.3) is 0 Å². The third kappa shape index (κ3) is 7.22. The molecule has 0 bridgehead atoms. The first-order valence-corrected chi connectivity index (χ1v) is 5.97. The van der Waals surface area contributed by atoms with Gasteiger partial charge in [0.1, 0.15) is 24.0 Å². The highest BCUT2D eigenvalue weighted by Crippen LogP contribution is 2.01. The zero-order valence-corrected chi connectivity index (χ0v) is 11.8. The van der Waals surface area contributed by atoms with Gasteiger partial charge in [-0.05, 0) is 24.4 Å². The van der Waals surface area contributed by atoms with Gasteiger partial charge in [0.05, 0.1) is 12.8 Å². The molecule has 10 N–H and O–H groups in total. The third-order valence-corrected chi connectivity index (χ3v) is 2.06. The monoisotopic (exact) mass is 324 g/mol. The van der Waals surface area contributed by atoms with Crippen LogP contribution in [0.3, 0.4) is 0 Å². The van der Waals surface area contributed by atoms with Crippen LogP contribution in [0.4, 0.5) is 0 Å². The van der Waals surface area contributed by atoms with Crippen LogP contribution in [0.25, 0.3) is 0 Å². The van der Waals surface area contributed by atoms with Crippen LogP contribution in [0, 0.1) is 0 Å². The molecular formula is C8H16N6O4S2. The van der Waals surface area contributed by atoms with Crippen molar-refractivity contribution < 1.29 is 20.4 Å². The minimum atomic E-state index is -1.71. The number of nitrogens with zero attached hydrogens (tertiary/aromatic N) is 2. The second-order valence-corrected chi connectivity index (χ2v) is 4.31. The van der Waals surface area contributed by atoms with Gasteiger partial charge in [0.2, 0.25) is 0 Å². The summed E-state index contributed by atoms with van der Waals surface area (Å²) in [4.78, 5) is 0. The number of hydrazone groups is 2. The van der Waals surface area contributed by atoms with Gasteiger partial charge in [-0.1, -0.05) is 0 Å². The SMILES string of the molecule is NC(=S)N/N=C\C(=N\NC(N)=S)[C@@H](O)[C@@H](O)[C@@H](O)CO. The summed E-state index contributed by atoms with van der Waals surface area (Å²) in [7, 11) is 0. The molecule has 0 aliphatic carbocycles. The Labute approximate surface area is 125 Å². The maximum Gasteiger partial charge on any atom is 0.184 e. The van der Waals surface area contributed by atoms with Gasteiger partial charge in [-0.25, -0.2) is 0 Å². The number of nitrogens with two attached hydrogens (primary N) is 2. The van der Waals surface area contributed by atoms with Crippen molar-refractivity contribution in [3.63, 3.8) is 0 Å². The Morgan fingerprint density at radius 2 is 1.70 bits per heavy atom. The second-order valence-electron chi connectivity index (χ2n) is 3.43. The van der Waals surface area contributed by atoms with Crippen LogP contribution >= 0.6 is 24.4 Å². The Hall–Kier alpha value is -1.44. The van der Waals surface area contributed by atoms with E-state index in [0.717, 1.165) is 6.21 Å². The molecule has 0 saturated heterocycles. The Morgan fingerprint density at radius 3 is 2.15 bits per heavy atom. The van der Waals surface area contributed by atoms with E-state index in [4.69, 9.17) is 16.6 Å². The number of rotatable bonds is 7. The van der Waals surface area contributed by atoms with Crippen LogP contribution in [-0.4, -0.2) is 67.5 Å². The van der Waals surface area contributed by atoms with Crippen LogP contribution in [-0.2, 0) is 0 Å². The maximum absolute atomic E-state index is 9.80. The van der Waals surface area contributed by atoms with Crippen molar-refractivity contribution in [1.82, 2.24) is 10.9 Å². The second kappa shape index (κ2) is 9.46. The summed E-state index contributed by atoms with van der Waals surface area (Å²) in [5.74, 6) is 0. The quantitative estimate of drug-likeness (QED) is 0.131. The van der Waals surface area contributed by atoms with E-state index in [9.17, 15) is 15.3 Å². The summed E-state index contributed by atoms with van der Waals surface area (Å²) >= 11 is 9.02. The van der Waals surface area contributed by atoms with Gasteiger partial charge in [0, 0.05) is 0 Å². The Morgan fingerprint density at radius 1 is 1.15 bits per heavy atom. The van der Waals surface area contributed by atoms with Crippen LogP contribution in [0.1, 0.15) is 0 Å². The molecule has 0 aromatic heterocycles. The highest BCUT2D eigenvalue weighted by Gasteiger charge is 2.27. The molecule has 0 fully saturated rings. The van der Waals surface area contributed by atoms with E-state index in [-0.39, 0.29) is 15.9 Å². The molecule has 10 nitrogen and oxygen atoms in total. The highest BCUT2D eigenvalue weighted by atomic mass is 32.1. The first-order valence-electron chi connectivity index (χ1n) is 5.16. The van der Waals surface area contributed by atoms with E-state index >= 15 is 0 Å². The molecule has 114 valence electrons. The van der Waals surface area contributed by atoms with E-state index in [2.05, 4.69) is 45.5 Å². The van der Waals surface area contributed by atoms with E-state index < -0.39 is 24.9 Å². The summed E-state index contributed by atoms with van der Waals surface area (Å²) in [6.45, 7) is -0.753. The third-order valence-electron chi connectivity index (χ3n) is 1.87. The van der Waals surface area contributed by atoms with Crippen LogP contribution in [0.15, 0.2) is 10.2 Å². The lowest BCUT2D eigenvalue weighted by molar-refractivity contribution is -0.0549. The lowest BCUT2D eigenvalue weighted by Crippen LogP contribution is -2.45. The molecule has 0 rings (SSSR count). The topological polar surface area (TPSA) is 182 Å². The lowest BCUT2D eigenvalue weighted by Gasteiger charge is -2.21. The largest absolute Gasteiger partial charge is 0.394 e. The maximum atomic E-state index is 9.80. The van der Waals surface area contributed by atoms with Crippen molar-refractivity contribution in [3.05, 3.63) is 0 Å². The number of thiocarbonyl (C=S) groups is 2. The first kappa shape index (κ1) is 18.6. The molecule has 0 aromatic carbocycles. The number of aliphatic hydroxyl groups is 4. The number of aliphatic hydroxyl groups excluding tert-OH is 4. The summed E-state index contributed by atoms with van der Waals surface area (Å²) < 4.78 is 0. The van der Waals surface area contributed by atoms with Crippen molar-refractivity contribution in [2.75, 3.05) is 6.61 Å². The number of hydrogen-bond acceptors (Lipinski definition) is 8. The summed E-state index contributed by atoms with van der Waals surface area (Å²) in [5, 5.41) is 44.1. The predicted molar refractivity (Wildman–Crippen MR) is 80.9 cm³/mol. The number of nitrogens with one attached hydrogen (secondary N) is 2. The van der Waals surface area contributed by atoms with Gasteiger partial charge >= 0.3 is 0 Å². The fraction of sp³-hybridized carbons (Fsp3) is 0.500. The molecule has 0 saturated carbocycles. The fourth-order valence-electron chi connectivity index (χ4n) is 0.946. The van der Waals surface area contributed by atoms with Crippen molar-refractivity contribution in [1.29, 1.82) is 0 Å². The molecule has 0 aliphatic heterocycles. The Bertz CT molecular complexity index is 404. The molecule has 0 spiro atoms. The van der Waals surface area contributed by atoms with Crippen molar-refractivity contribution in [3.8, 4) is 0 Å². The predicted octanol–water partition coefficient (Wildman–Crippen LogP) is -3.93. The molecule has 12 heteroatoms. The molecule has 0 aliphatic rings. The zero-order chi connectivity index (χ0) is 15.7. The summed E-state index contributed by atoms with van der Waals surface area (Å²) in [6.07, 6.45) is -3.97. The normalized spacial score (nSPS) is 16.5. The molecule has 0 radical (unpaired) electrons. The van der Waals surface area contributed by atoms with Crippen molar-refractivity contribution >= 4 is 46.6 Å². The highest BCUT2D eigenvalue weighted by molar-refractivity contribution is 7.80. The van der Waals surface area contributed by atoms with E-state index in [0.29, 0.717) is 0 Å². The van der Waals surface area contributed by atoms with Crippen LogP contribution in [0.2, 0.25) is 0 Å². The minimum absolute atomic E-state index is 0.131. The molecule has 0 aromatic rings. The van der Waals surface area contributed by atoms with Gasteiger partial charge in [-0.2, -0.15) is 10.2 Å². The fourth-order valence-corrected chi connectivity index (χ4v) is 1.04. The first-order chi connectivity index (χ1) is 9.29. The van der Waals surface area contributed by atoms with E-state index in [1.54, 1.807) is 0 Å². The van der Waals surface area contributed by atoms with Gasteiger partial charge in [-0.15, -0.1) is 0 Å². The molecule has 0 heterocycles. The minimum Gasteiger partial charge on any atom is -0.394 e. The lowest BCUT2D eigenvalue weighted by atomic mass is 10.0. The average molecular weight is 324 g/mol.